The molecule has 0 radical (unpaired) electrons. The highest BCUT2D eigenvalue weighted by molar-refractivity contribution is 5.91. The molecular formula is C12H19N3O. The molecule has 88 valence electrons. The molecule has 1 aromatic rings. The standard InChI is InChI=1S/C12H19N3O/c1-8(2)9(3)7-15-10-4-5-14-11(6-10)12(13)16/h4-6,8-9H,7H2,1-3H3,(H2,13,16)(H,14,15). The van der Waals surface area contributed by atoms with Crippen molar-refractivity contribution in [3.8, 4) is 0 Å². The van der Waals surface area contributed by atoms with E-state index in [4.69, 9.17) is 5.73 Å². The number of carbonyl (C=O) groups excluding carboxylic acids is 1. The smallest absolute Gasteiger partial charge is 0.267 e. The topological polar surface area (TPSA) is 68.0 Å². The Hall–Kier alpha value is -1.58. The van der Waals surface area contributed by atoms with Gasteiger partial charge in [0.2, 0.25) is 0 Å². The number of anilines is 1. The third-order valence-electron chi connectivity index (χ3n) is 2.78. The zero-order chi connectivity index (χ0) is 12.1. The number of primary amides is 1. The van der Waals surface area contributed by atoms with Crippen molar-refractivity contribution < 1.29 is 4.79 Å². The summed E-state index contributed by atoms with van der Waals surface area (Å²) in [5.41, 5.74) is 6.34. The molecule has 1 unspecified atom stereocenters. The molecule has 0 fully saturated rings. The maximum absolute atomic E-state index is 10.9. The maximum atomic E-state index is 10.9. The van der Waals surface area contributed by atoms with Gasteiger partial charge in [-0.1, -0.05) is 20.8 Å². The summed E-state index contributed by atoms with van der Waals surface area (Å²) < 4.78 is 0. The molecule has 4 nitrogen and oxygen atoms in total. The number of nitrogens with two attached hydrogens (primary N) is 1. The van der Waals surface area contributed by atoms with Crippen LogP contribution in [0.25, 0.3) is 0 Å². The van der Waals surface area contributed by atoms with Gasteiger partial charge in [0.05, 0.1) is 0 Å². The molecular weight excluding hydrogens is 202 g/mol. The SMILES string of the molecule is CC(C)C(C)CNc1ccnc(C(N)=O)c1. The molecule has 0 saturated heterocycles. The number of rotatable bonds is 5. The third kappa shape index (κ3) is 3.53. The summed E-state index contributed by atoms with van der Waals surface area (Å²) in [6.07, 6.45) is 1.59. The van der Waals surface area contributed by atoms with E-state index in [9.17, 15) is 4.79 Å². The average molecular weight is 221 g/mol. The molecule has 1 heterocycles. The first-order valence-electron chi connectivity index (χ1n) is 5.50. The Balaban J connectivity index is 2.61. The lowest BCUT2D eigenvalue weighted by molar-refractivity contribution is 0.0995. The number of hydrogen-bond donors (Lipinski definition) is 2. The van der Waals surface area contributed by atoms with Crippen LogP contribution in [0.4, 0.5) is 5.69 Å². The summed E-state index contributed by atoms with van der Waals surface area (Å²) in [5, 5.41) is 3.27. The first-order valence-corrected chi connectivity index (χ1v) is 5.50. The predicted molar refractivity (Wildman–Crippen MR) is 65.2 cm³/mol. The molecule has 1 aromatic heterocycles. The predicted octanol–water partition coefficient (Wildman–Crippen LogP) is 1.88. The van der Waals surface area contributed by atoms with Crippen LogP contribution in [0.1, 0.15) is 31.3 Å². The minimum Gasteiger partial charge on any atom is -0.385 e. The summed E-state index contributed by atoms with van der Waals surface area (Å²) in [6.45, 7) is 7.44. The summed E-state index contributed by atoms with van der Waals surface area (Å²) in [7, 11) is 0. The minimum absolute atomic E-state index is 0.294. The first kappa shape index (κ1) is 12.5. The monoisotopic (exact) mass is 221 g/mol. The number of aromatic nitrogens is 1. The molecule has 0 aliphatic heterocycles. The van der Waals surface area contributed by atoms with E-state index < -0.39 is 5.91 Å². The van der Waals surface area contributed by atoms with Crippen LogP contribution >= 0.6 is 0 Å². The van der Waals surface area contributed by atoms with Crippen LogP contribution in [-0.2, 0) is 0 Å². The molecule has 0 bridgehead atoms. The lowest BCUT2D eigenvalue weighted by Gasteiger charge is -2.16. The number of pyridine rings is 1. The van der Waals surface area contributed by atoms with Crippen molar-refractivity contribution in [2.45, 2.75) is 20.8 Å². The maximum Gasteiger partial charge on any atom is 0.267 e. The second-order valence-corrected chi connectivity index (χ2v) is 4.40. The Kier molecular flexibility index (Phi) is 4.28. The molecule has 0 aliphatic carbocycles. The third-order valence-corrected chi connectivity index (χ3v) is 2.78. The zero-order valence-electron chi connectivity index (χ0n) is 10.0. The Labute approximate surface area is 96.3 Å². The lowest BCUT2D eigenvalue weighted by Crippen LogP contribution is -2.17. The molecule has 1 amide bonds. The van der Waals surface area contributed by atoms with Crippen molar-refractivity contribution in [3.05, 3.63) is 24.0 Å². The number of nitrogens with one attached hydrogen (secondary N) is 1. The van der Waals surface area contributed by atoms with Crippen molar-refractivity contribution in [1.82, 2.24) is 4.98 Å². The van der Waals surface area contributed by atoms with E-state index >= 15 is 0 Å². The van der Waals surface area contributed by atoms with Gasteiger partial charge < -0.3 is 11.1 Å². The Morgan fingerprint density at radius 3 is 2.75 bits per heavy atom. The van der Waals surface area contributed by atoms with Crippen LogP contribution in [0.3, 0.4) is 0 Å². The second kappa shape index (κ2) is 5.49. The molecule has 1 rings (SSSR count). The van der Waals surface area contributed by atoms with Crippen LogP contribution in [0.2, 0.25) is 0 Å². The van der Waals surface area contributed by atoms with Gasteiger partial charge in [-0.15, -0.1) is 0 Å². The van der Waals surface area contributed by atoms with Gasteiger partial charge in [0.15, 0.2) is 0 Å². The van der Waals surface area contributed by atoms with Crippen molar-refractivity contribution in [1.29, 1.82) is 0 Å². The lowest BCUT2D eigenvalue weighted by atomic mass is 9.98. The molecule has 0 aliphatic rings. The molecule has 16 heavy (non-hydrogen) atoms. The fourth-order valence-corrected chi connectivity index (χ4v) is 1.19. The van der Waals surface area contributed by atoms with Crippen LogP contribution in [-0.4, -0.2) is 17.4 Å². The largest absolute Gasteiger partial charge is 0.385 e. The second-order valence-electron chi connectivity index (χ2n) is 4.40. The summed E-state index contributed by atoms with van der Waals surface area (Å²) >= 11 is 0. The summed E-state index contributed by atoms with van der Waals surface area (Å²) in [6, 6.07) is 3.51. The molecule has 0 saturated carbocycles. The van der Waals surface area contributed by atoms with Gasteiger partial charge in [-0.3, -0.25) is 9.78 Å². The summed E-state index contributed by atoms with van der Waals surface area (Å²) in [5.74, 6) is 0.704. The molecule has 3 N–H and O–H groups in total. The van der Waals surface area contributed by atoms with E-state index in [1.807, 2.05) is 6.07 Å². The average Bonchev–Trinajstić information content (AvgIpc) is 2.26. The van der Waals surface area contributed by atoms with Gasteiger partial charge >= 0.3 is 0 Å². The van der Waals surface area contributed by atoms with Crippen LogP contribution in [0.15, 0.2) is 18.3 Å². The summed E-state index contributed by atoms with van der Waals surface area (Å²) in [4.78, 5) is 14.8. The van der Waals surface area contributed by atoms with E-state index in [0.29, 0.717) is 17.5 Å². The highest BCUT2D eigenvalue weighted by Gasteiger charge is 2.07. The number of carbonyl (C=O) groups is 1. The quantitative estimate of drug-likeness (QED) is 0.797. The van der Waals surface area contributed by atoms with E-state index in [0.717, 1.165) is 12.2 Å². The van der Waals surface area contributed by atoms with E-state index in [1.165, 1.54) is 0 Å². The Bertz CT molecular complexity index is 363. The van der Waals surface area contributed by atoms with Crippen molar-refractivity contribution in [3.63, 3.8) is 0 Å². The van der Waals surface area contributed by atoms with Gasteiger partial charge in [-0.05, 0) is 24.0 Å². The van der Waals surface area contributed by atoms with Crippen LogP contribution < -0.4 is 11.1 Å². The van der Waals surface area contributed by atoms with Crippen molar-refractivity contribution in [2.24, 2.45) is 17.6 Å². The van der Waals surface area contributed by atoms with Gasteiger partial charge in [0.25, 0.3) is 5.91 Å². The number of nitrogens with zero attached hydrogens (tertiary/aromatic N) is 1. The molecule has 1 atom stereocenters. The van der Waals surface area contributed by atoms with Crippen molar-refractivity contribution >= 4 is 11.6 Å². The van der Waals surface area contributed by atoms with E-state index in [-0.39, 0.29) is 0 Å². The van der Waals surface area contributed by atoms with Crippen molar-refractivity contribution in [2.75, 3.05) is 11.9 Å². The number of amides is 1. The fourth-order valence-electron chi connectivity index (χ4n) is 1.19. The van der Waals surface area contributed by atoms with E-state index in [1.54, 1.807) is 12.3 Å². The normalized spacial score (nSPS) is 12.5. The van der Waals surface area contributed by atoms with Gasteiger partial charge in [-0.2, -0.15) is 0 Å². The molecule has 4 heteroatoms. The van der Waals surface area contributed by atoms with Gasteiger partial charge in [0.1, 0.15) is 5.69 Å². The zero-order valence-corrected chi connectivity index (χ0v) is 10.0. The van der Waals surface area contributed by atoms with Crippen LogP contribution in [0.5, 0.6) is 0 Å². The fraction of sp³-hybridized carbons (Fsp3) is 0.500. The first-order chi connectivity index (χ1) is 7.50. The number of hydrogen-bond acceptors (Lipinski definition) is 3. The van der Waals surface area contributed by atoms with E-state index in [2.05, 4.69) is 31.1 Å². The minimum atomic E-state index is -0.499. The molecule has 0 spiro atoms. The van der Waals surface area contributed by atoms with Gasteiger partial charge in [0, 0.05) is 18.4 Å². The highest BCUT2D eigenvalue weighted by Crippen LogP contribution is 2.12. The van der Waals surface area contributed by atoms with Gasteiger partial charge in [-0.25, -0.2) is 0 Å². The van der Waals surface area contributed by atoms with Crippen LogP contribution in [0, 0.1) is 11.8 Å². The Morgan fingerprint density at radius 2 is 2.19 bits per heavy atom. The highest BCUT2D eigenvalue weighted by atomic mass is 16.1. The Morgan fingerprint density at radius 1 is 1.50 bits per heavy atom. The molecule has 0 aromatic carbocycles.